The molecule has 3 N–H and O–H groups in total. The lowest BCUT2D eigenvalue weighted by molar-refractivity contribution is 0.697. The summed E-state index contributed by atoms with van der Waals surface area (Å²) >= 11 is 0. The summed E-state index contributed by atoms with van der Waals surface area (Å²) in [6, 6.07) is 12.8. The van der Waals surface area contributed by atoms with Crippen LogP contribution in [0.4, 0.5) is 0 Å². The Hall–Kier alpha value is -2.81. The smallest absolute Gasteiger partial charge is 0.133 e. The molecule has 0 bridgehead atoms. The molecular weight excluding hydrogens is 318 g/mol. The topological polar surface area (TPSA) is 50.4 Å². The van der Waals surface area contributed by atoms with Crippen molar-refractivity contribution in [2.75, 3.05) is 0 Å². The van der Waals surface area contributed by atoms with Crippen LogP contribution in [-0.4, -0.2) is 5.84 Å². The third-order valence-corrected chi connectivity index (χ3v) is 4.49. The number of nitrogens with two attached hydrogens (primary N) is 1. The van der Waals surface area contributed by atoms with Crippen molar-refractivity contribution in [2.45, 2.75) is 40.2 Å². The van der Waals surface area contributed by atoms with Gasteiger partial charge in [-0.1, -0.05) is 49.9 Å². The third-order valence-electron chi connectivity index (χ3n) is 4.49. The monoisotopic (exact) mass is 347 g/mol. The molecule has 0 aromatic heterocycles. The van der Waals surface area contributed by atoms with E-state index >= 15 is 0 Å². The minimum atomic E-state index is 0.0711. The van der Waals surface area contributed by atoms with Gasteiger partial charge in [-0.25, -0.2) is 0 Å². The van der Waals surface area contributed by atoms with Crippen LogP contribution >= 0.6 is 0 Å². The van der Waals surface area contributed by atoms with Gasteiger partial charge in [0, 0.05) is 16.8 Å². The van der Waals surface area contributed by atoms with E-state index in [1.807, 2.05) is 0 Å². The summed E-state index contributed by atoms with van der Waals surface area (Å²) in [6.07, 6.45) is 2.58. The molecule has 136 valence electrons. The molecule has 0 fully saturated rings. The average molecular weight is 348 g/mol. The van der Waals surface area contributed by atoms with Gasteiger partial charge in [-0.05, 0) is 62.2 Å². The van der Waals surface area contributed by atoms with Crippen LogP contribution in [-0.2, 0) is 0 Å². The van der Waals surface area contributed by atoms with Crippen LogP contribution in [0.1, 0.15) is 52.8 Å². The number of hydrogen-bond acceptors (Lipinski definition) is 2. The average Bonchev–Trinajstić information content (AvgIpc) is 2.60. The summed E-state index contributed by atoms with van der Waals surface area (Å²) in [4.78, 5) is 5.03. The summed E-state index contributed by atoms with van der Waals surface area (Å²) < 4.78 is 0. The van der Waals surface area contributed by atoms with Crippen molar-refractivity contribution in [3.63, 3.8) is 0 Å². The highest BCUT2D eigenvalue weighted by Crippen LogP contribution is 2.25. The second-order valence-corrected chi connectivity index (χ2v) is 6.67. The molecule has 0 radical (unpaired) electrons. The van der Waals surface area contributed by atoms with Crippen LogP contribution < -0.4 is 11.1 Å². The molecule has 0 heterocycles. The quantitative estimate of drug-likeness (QED) is 0.559. The Balaban J connectivity index is 2.59. The van der Waals surface area contributed by atoms with Crippen molar-refractivity contribution in [1.29, 1.82) is 0 Å². The molecule has 0 aliphatic rings. The number of amidine groups is 1. The zero-order valence-electron chi connectivity index (χ0n) is 16.3. The number of rotatable bonds is 6. The van der Waals surface area contributed by atoms with E-state index in [9.17, 15) is 0 Å². The standard InChI is InChI=1S/C23H29N3/c1-7-22(19-11-9-10-15(3)12-19)26-23(25-8-2)21-14-16(4)13-20(17(21)5)18(6)24/h8-14,22H,2,6-7,24H2,1,3-5H3,(H,25,26). The molecule has 1 unspecified atom stereocenters. The van der Waals surface area contributed by atoms with E-state index in [1.54, 1.807) is 6.20 Å². The maximum atomic E-state index is 5.99. The Bertz CT molecular complexity index is 847. The lowest BCUT2D eigenvalue weighted by atomic mass is 9.96. The molecule has 26 heavy (non-hydrogen) atoms. The second kappa shape index (κ2) is 8.52. The van der Waals surface area contributed by atoms with Gasteiger partial charge in [0.1, 0.15) is 5.84 Å². The summed E-state index contributed by atoms with van der Waals surface area (Å²) in [5.41, 5.74) is 13.2. The lowest BCUT2D eigenvalue weighted by Gasteiger charge is -2.18. The summed E-state index contributed by atoms with van der Waals surface area (Å²) in [5, 5.41) is 3.23. The Morgan fingerprint density at radius 2 is 1.85 bits per heavy atom. The zero-order chi connectivity index (χ0) is 19.3. The Morgan fingerprint density at radius 1 is 1.15 bits per heavy atom. The molecule has 0 saturated carbocycles. The number of hydrogen-bond donors (Lipinski definition) is 2. The zero-order valence-corrected chi connectivity index (χ0v) is 16.3. The summed E-state index contributed by atoms with van der Waals surface area (Å²) in [6.45, 7) is 16.1. The van der Waals surface area contributed by atoms with E-state index in [0.717, 1.165) is 34.5 Å². The van der Waals surface area contributed by atoms with Gasteiger partial charge < -0.3 is 11.1 Å². The first-order valence-corrected chi connectivity index (χ1v) is 8.95. The van der Waals surface area contributed by atoms with Crippen molar-refractivity contribution >= 4 is 11.5 Å². The molecule has 0 spiro atoms. The molecule has 3 nitrogen and oxygen atoms in total. The van der Waals surface area contributed by atoms with E-state index in [2.05, 4.69) is 82.6 Å². The third kappa shape index (κ3) is 4.42. The molecule has 1 atom stereocenters. The van der Waals surface area contributed by atoms with Gasteiger partial charge in [-0.3, -0.25) is 4.99 Å². The number of aliphatic imine (C=N–C) groups is 1. The van der Waals surface area contributed by atoms with Crippen LogP contribution in [0.3, 0.4) is 0 Å². The summed E-state index contributed by atoms with van der Waals surface area (Å²) in [5.74, 6) is 0.803. The van der Waals surface area contributed by atoms with Gasteiger partial charge in [-0.15, -0.1) is 0 Å². The van der Waals surface area contributed by atoms with Gasteiger partial charge in [0.05, 0.1) is 6.04 Å². The fraction of sp³-hybridized carbons (Fsp3) is 0.261. The highest BCUT2D eigenvalue weighted by molar-refractivity contribution is 6.01. The van der Waals surface area contributed by atoms with Gasteiger partial charge in [0.25, 0.3) is 0 Å². The predicted molar refractivity (Wildman–Crippen MR) is 113 cm³/mol. The van der Waals surface area contributed by atoms with Crippen molar-refractivity contribution < 1.29 is 0 Å². The maximum absolute atomic E-state index is 5.99. The van der Waals surface area contributed by atoms with Crippen LogP contribution in [0.25, 0.3) is 5.70 Å². The second-order valence-electron chi connectivity index (χ2n) is 6.67. The van der Waals surface area contributed by atoms with E-state index in [-0.39, 0.29) is 6.04 Å². The molecule has 0 amide bonds. The van der Waals surface area contributed by atoms with Crippen LogP contribution in [0.2, 0.25) is 0 Å². The van der Waals surface area contributed by atoms with E-state index in [0.29, 0.717) is 5.70 Å². The normalized spacial score (nSPS) is 12.5. The molecule has 2 rings (SSSR count). The molecule has 2 aromatic rings. The highest BCUT2D eigenvalue weighted by atomic mass is 15.0. The van der Waals surface area contributed by atoms with E-state index in [4.69, 9.17) is 10.7 Å². The van der Waals surface area contributed by atoms with Gasteiger partial charge >= 0.3 is 0 Å². The molecule has 3 heteroatoms. The molecule has 0 aliphatic carbocycles. The number of benzene rings is 2. The van der Waals surface area contributed by atoms with Gasteiger partial charge in [0.2, 0.25) is 0 Å². The van der Waals surface area contributed by atoms with Gasteiger partial charge in [-0.2, -0.15) is 0 Å². The molecule has 2 aromatic carbocycles. The first-order valence-electron chi connectivity index (χ1n) is 8.95. The molecule has 0 aliphatic heterocycles. The van der Waals surface area contributed by atoms with Gasteiger partial charge in [0.15, 0.2) is 0 Å². The highest BCUT2D eigenvalue weighted by Gasteiger charge is 2.15. The summed E-state index contributed by atoms with van der Waals surface area (Å²) in [7, 11) is 0. The Kier molecular flexibility index (Phi) is 6.40. The predicted octanol–water partition coefficient (Wildman–Crippen LogP) is 5.17. The van der Waals surface area contributed by atoms with Crippen molar-refractivity contribution in [2.24, 2.45) is 10.7 Å². The number of nitrogens with zero attached hydrogens (tertiary/aromatic N) is 1. The maximum Gasteiger partial charge on any atom is 0.133 e. The van der Waals surface area contributed by atoms with E-state index in [1.165, 1.54) is 11.1 Å². The number of nitrogens with one attached hydrogen (secondary N) is 1. The minimum absolute atomic E-state index is 0.0711. The SMILES string of the molecule is C=CNC(=NC(CC)c1cccc(C)c1)c1cc(C)cc(C(=C)N)c1C. The fourth-order valence-electron chi connectivity index (χ4n) is 3.15. The minimum Gasteiger partial charge on any atom is -0.399 e. The van der Waals surface area contributed by atoms with Crippen LogP contribution in [0, 0.1) is 20.8 Å². The molecular formula is C23H29N3. The lowest BCUT2D eigenvalue weighted by Crippen LogP contribution is -2.22. The number of aryl methyl sites for hydroxylation is 2. The first-order chi connectivity index (χ1) is 12.4. The van der Waals surface area contributed by atoms with Crippen molar-refractivity contribution in [1.82, 2.24) is 5.32 Å². The van der Waals surface area contributed by atoms with Crippen molar-refractivity contribution in [3.05, 3.63) is 89.1 Å². The first kappa shape index (κ1) is 19.5. The van der Waals surface area contributed by atoms with Crippen LogP contribution in [0.15, 0.2) is 60.7 Å². The Morgan fingerprint density at radius 3 is 2.42 bits per heavy atom. The van der Waals surface area contributed by atoms with Crippen LogP contribution in [0.5, 0.6) is 0 Å². The molecule has 0 saturated heterocycles. The van der Waals surface area contributed by atoms with Crippen molar-refractivity contribution in [3.8, 4) is 0 Å². The van der Waals surface area contributed by atoms with E-state index < -0.39 is 0 Å². The largest absolute Gasteiger partial charge is 0.399 e. The fourth-order valence-corrected chi connectivity index (χ4v) is 3.15. The Labute approximate surface area is 157 Å².